The van der Waals surface area contributed by atoms with Crippen molar-refractivity contribution in [3.8, 4) is 0 Å². The first kappa shape index (κ1) is 25.9. The van der Waals surface area contributed by atoms with E-state index in [9.17, 15) is 13.2 Å². The van der Waals surface area contributed by atoms with E-state index in [1.165, 1.54) is 9.54 Å². The fourth-order valence-corrected chi connectivity index (χ4v) is 7.64. The topological polar surface area (TPSA) is 93.3 Å². The summed E-state index contributed by atoms with van der Waals surface area (Å²) in [6, 6.07) is 21.0. The minimum atomic E-state index is -3.82. The van der Waals surface area contributed by atoms with Gasteiger partial charge in [0.25, 0.3) is 10.0 Å². The third kappa shape index (κ3) is 4.70. The van der Waals surface area contributed by atoms with Crippen LogP contribution < -0.4 is 0 Å². The molecule has 2 saturated heterocycles. The summed E-state index contributed by atoms with van der Waals surface area (Å²) in [4.78, 5) is 26.7. The van der Waals surface area contributed by atoms with Gasteiger partial charge >= 0.3 is 0 Å². The summed E-state index contributed by atoms with van der Waals surface area (Å²) >= 11 is 0. The second kappa shape index (κ2) is 10.4. The van der Waals surface area contributed by atoms with Crippen LogP contribution >= 0.6 is 0 Å². The molecule has 3 aromatic heterocycles. The van der Waals surface area contributed by atoms with Crippen molar-refractivity contribution in [1.29, 1.82) is 0 Å². The SMILES string of the molecule is O=C1CCCN1Cc1nc2cnc3c(ccn3S(=O)(=O)c3ccccc3)c2n1C1CCN(Cc2ccccc2)CC1. The van der Waals surface area contributed by atoms with Crippen LogP contribution in [0.5, 0.6) is 0 Å². The molecule has 2 aliphatic rings. The summed E-state index contributed by atoms with van der Waals surface area (Å²) < 4.78 is 30.6. The van der Waals surface area contributed by atoms with Crippen LogP contribution in [0.25, 0.3) is 22.1 Å². The van der Waals surface area contributed by atoms with Gasteiger partial charge in [-0.05, 0) is 43.0 Å². The molecular weight excluding hydrogens is 536 g/mol. The number of hydrogen-bond donors (Lipinski definition) is 0. The Labute approximate surface area is 239 Å². The molecule has 0 atom stereocenters. The number of fused-ring (bicyclic) bond motifs is 3. The average molecular weight is 569 g/mol. The molecule has 2 fully saturated rings. The van der Waals surface area contributed by atoms with Gasteiger partial charge < -0.3 is 9.47 Å². The average Bonchev–Trinajstić information content (AvgIpc) is 3.71. The van der Waals surface area contributed by atoms with Crippen molar-refractivity contribution in [2.24, 2.45) is 0 Å². The predicted octanol–water partition coefficient (Wildman–Crippen LogP) is 4.58. The Kier molecular flexibility index (Phi) is 6.59. The van der Waals surface area contributed by atoms with Crippen LogP contribution in [0.15, 0.2) is 84.0 Å². The van der Waals surface area contributed by atoms with Crippen molar-refractivity contribution in [2.75, 3.05) is 19.6 Å². The molecule has 0 aliphatic carbocycles. The van der Waals surface area contributed by atoms with Gasteiger partial charge in [-0.25, -0.2) is 22.4 Å². The third-order valence-electron chi connectivity index (χ3n) is 8.38. The number of imidazole rings is 1. The molecule has 10 heteroatoms. The van der Waals surface area contributed by atoms with Crippen molar-refractivity contribution in [3.05, 3.63) is 90.5 Å². The van der Waals surface area contributed by atoms with Crippen LogP contribution in [-0.2, 0) is 27.9 Å². The monoisotopic (exact) mass is 568 g/mol. The van der Waals surface area contributed by atoms with Gasteiger partial charge in [0.05, 0.1) is 23.2 Å². The second-order valence-corrected chi connectivity index (χ2v) is 12.8. The number of nitrogens with zero attached hydrogens (tertiary/aromatic N) is 6. The quantitative estimate of drug-likeness (QED) is 0.285. The van der Waals surface area contributed by atoms with Crippen LogP contribution in [0, 0.1) is 0 Å². The smallest absolute Gasteiger partial charge is 0.269 e. The number of carbonyl (C=O) groups excluding carboxylic acids is 1. The normalized spacial score (nSPS) is 17.3. The van der Waals surface area contributed by atoms with Gasteiger partial charge in [-0.2, -0.15) is 0 Å². The highest BCUT2D eigenvalue weighted by Gasteiger charge is 2.30. The van der Waals surface area contributed by atoms with Crippen LogP contribution in [0.2, 0.25) is 0 Å². The summed E-state index contributed by atoms with van der Waals surface area (Å²) in [7, 11) is -3.82. The fourth-order valence-electron chi connectivity index (χ4n) is 6.32. The lowest BCUT2D eigenvalue weighted by Crippen LogP contribution is -2.35. The molecule has 5 heterocycles. The highest BCUT2D eigenvalue weighted by molar-refractivity contribution is 7.90. The molecular formula is C31H32N6O3S. The van der Waals surface area contributed by atoms with Gasteiger partial charge in [0, 0.05) is 50.2 Å². The van der Waals surface area contributed by atoms with Crippen LogP contribution in [-0.4, -0.2) is 62.3 Å². The maximum absolute atomic E-state index is 13.5. The van der Waals surface area contributed by atoms with E-state index >= 15 is 0 Å². The van der Waals surface area contributed by atoms with E-state index in [1.54, 1.807) is 42.7 Å². The fraction of sp³-hybridized carbons (Fsp3) is 0.323. The number of likely N-dealkylation sites (tertiary alicyclic amines) is 2. The molecule has 2 aliphatic heterocycles. The van der Waals surface area contributed by atoms with Crippen molar-refractivity contribution in [3.63, 3.8) is 0 Å². The number of pyridine rings is 1. The first-order chi connectivity index (χ1) is 20.0. The van der Waals surface area contributed by atoms with E-state index in [0.717, 1.165) is 67.7 Å². The lowest BCUT2D eigenvalue weighted by molar-refractivity contribution is -0.128. The lowest BCUT2D eigenvalue weighted by atomic mass is 10.0. The molecule has 0 spiro atoms. The first-order valence-corrected chi connectivity index (χ1v) is 15.6. The summed E-state index contributed by atoms with van der Waals surface area (Å²) in [5.74, 6) is 0.995. The maximum Gasteiger partial charge on any atom is 0.269 e. The van der Waals surface area contributed by atoms with E-state index in [0.29, 0.717) is 18.6 Å². The molecule has 9 nitrogen and oxygen atoms in total. The number of piperidine rings is 1. The Morgan fingerprint density at radius 2 is 1.61 bits per heavy atom. The van der Waals surface area contributed by atoms with Crippen molar-refractivity contribution < 1.29 is 13.2 Å². The molecule has 0 radical (unpaired) electrons. The number of hydrogen-bond acceptors (Lipinski definition) is 6. The third-order valence-corrected chi connectivity index (χ3v) is 10.1. The van der Waals surface area contributed by atoms with Gasteiger partial charge in [-0.3, -0.25) is 9.69 Å². The number of aromatic nitrogens is 4. The first-order valence-electron chi connectivity index (χ1n) is 14.2. The largest absolute Gasteiger partial charge is 0.335 e. The highest BCUT2D eigenvalue weighted by Crippen LogP contribution is 2.35. The van der Waals surface area contributed by atoms with E-state index in [2.05, 4.69) is 38.7 Å². The van der Waals surface area contributed by atoms with E-state index in [-0.39, 0.29) is 16.8 Å². The van der Waals surface area contributed by atoms with Gasteiger partial charge in [-0.1, -0.05) is 48.5 Å². The zero-order valence-corrected chi connectivity index (χ0v) is 23.6. The maximum atomic E-state index is 13.5. The number of rotatable bonds is 7. The summed E-state index contributed by atoms with van der Waals surface area (Å²) in [5.41, 5.74) is 3.30. The number of benzene rings is 2. The summed E-state index contributed by atoms with van der Waals surface area (Å²) in [6.45, 7) is 3.98. The summed E-state index contributed by atoms with van der Waals surface area (Å²) in [5, 5.41) is 0.750. The summed E-state index contributed by atoms with van der Waals surface area (Å²) in [6.07, 6.45) is 6.57. The molecule has 0 saturated carbocycles. The van der Waals surface area contributed by atoms with E-state index in [1.807, 2.05) is 17.0 Å². The zero-order chi connectivity index (χ0) is 28.0. The van der Waals surface area contributed by atoms with Gasteiger partial charge in [0.1, 0.15) is 11.3 Å². The molecule has 0 unspecified atom stereocenters. The molecule has 5 aromatic rings. The van der Waals surface area contributed by atoms with Crippen molar-refractivity contribution in [2.45, 2.75) is 49.7 Å². The molecule has 0 bridgehead atoms. The Hall–Kier alpha value is -4.02. The minimum Gasteiger partial charge on any atom is -0.335 e. The van der Waals surface area contributed by atoms with Crippen molar-refractivity contribution in [1.82, 2.24) is 28.3 Å². The van der Waals surface area contributed by atoms with Crippen LogP contribution in [0.4, 0.5) is 0 Å². The number of carbonyl (C=O) groups is 1. The highest BCUT2D eigenvalue weighted by atomic mass is 32.2. The predicted molar refractivity (Wildman–Crippen MR) is 157 cm³/mol. The molecule has 1 amide bonds. The van der Waals surface area contributed by atoms with Crippen LogP contribution in [0.3, 0.4) is 0 Å². The minimum absolute atomic E-state index is 0.157. The Balaban J connectivity index is 1.29. The van der Waals surface area contributed by atoms with Gasteiger partial charge in [0.2, 0.25) is 5.91 Å². The standard InChI is InChI=1S/C31H32N6O3S/c38-29-12-7-16-35(29)22-28-33-27-20-32-31-26(15-19-36(31)41(39,40)25-10-5-2-6-11-25)30(27)37(28)24-13-17-34(18-14-24)21-23-8-3-1-4-9-23/h1-6,8-11,15,19-20,24H,7,12-14,16-18,21-22H2. The lowest BCUT2D eigenvalue weighted by Gasteiger charge is -2.34. The van der Waals surface area contributed by atoms with Crippen molar-refractivity contribution >= 4 is 38.0 Å². The second-order valence-electron chi connectivity index (χ2n) is 11.0. The number of amides is 1. The molecule has 210 valence electrons. The zero-order valence-electron chi connectivity index (χ0n) is 22.8. The molecule has 2 aromatic carbocycles. The Morgan fingerprint density at radius 1 is 0.878 bits per heavy atom. The Morgan fingerprint density at radius 3 is 2.32 bits per heavy atom. The molecule has 0 N–H and O–H groups in total. The van der Waals surface area contributed by atoms with E-state index < -0.39 is 10.0 Å². The molecule has 7 rings (SSSR count). The Bertz CT molecular complexity index is 1820. The van der Waals surface area contributed by atoms with Gasteiger partial charge in [0.15, 0.2) is 5.65 Å². The van der Waals surface area contributed by atoms with E-state index in [4.69, 9.17) is 4.98 Å². The van der Waals surface area contributed by atoms with Crippen LogP contribution in [0.1, 0.15) is 43.1 Å². The van der Waals surface area contributed by atoms with Gasteiger partial charge in [-0.15, -0.1) is 0 Å². The molecule has 41 heavy (non-hydrogen) atoms.